The standard InChI is InChI=1S/C15H24N4O3S/c20-15(17-10-13-19-11-8-16-9-12-19)6-7-18-23(21,22)14-4-2-1-3-5-14/h1-5,16,18H,6-13H2,(H,17,20). The van der Waals surface area contributed by atoms with Crippen LogP contribution in [0.2, 0.25) is 0 Å². The number of piperazine rings is 1. The van der Waals surface area contributed by atoms with Crippen molar-refractivity contribution >= 4 is 15.9 Å². The number of benzene rings is 1. The molecule has 1 heterocycles. The first-order chi connectivity index (χ1) is 11.1. The van der Waals surface area contributed by atoms with Crippen molar-refractivity contribution in [1.82, 2.24) is 20.3 Å². The van der Waals surface area contributed by atoms with Crippen molar-refractivity contribution in [2.75, 3.05) is 45.8 Å². The lowest BCUT2D eigenvalue weighted by Gasteiger charge is -2.27. The third kappa shape index (κ3) is 6.26. The van der Waals surface area contributed by atoms with Gasteiger partial charge < -0.3 is 10.6 Å². The van der Waals surface area contributed by atoms with Gasteiger partial charge in [0.15, 0.2) is 0 Å². The van der Waals surface area contributed by atoms with E-state index in [2.05, 4.69) is 20.3 Å². The van der Waals surface area contributed by atoms with Crippen molar-refractivity contribution in [3.05, 3.63) is 30.3 Å². The first kappa shape index (κ1) is 17.9. The fourth-order valence-corrected chi connectivity index (χ4v) is 3.41. The maximum absolute atomic E-state index is 12.0. The Morgan fingerprint density at radius 1 is 1.13 bits per heavy atom. The second-order valence-corrected chi connectivity index (χ2v) is 7.17. The van der Waals surface area contributed by atoms with E-state index in [1.165, 1.54) is 12.1 Å². The van der Waals surface area contributed by atoms with Gasteiger partial charge in [0.05, 0.1) is 4.90 Å². The van der Waals surface area contributed by atoms with E-state index in [0.29, 0.717) is 6.54 Å². The molecule has 0 aromatic heterocycles. The van der Waals surface area contributed by atoms with Crippen LogP contribution in [0.5, 0.6) is 0 Å². The predicted molar refractivity (Wildman–Crippen MR) is 88.6 cm³/mol. The van der Waals surface area contributed by atoms with Crippen LogP contribution in [0.15, 0.2) is 35.2 Å². The Morgan fingerprint density at radius 3 is 2.52 bits per heavy atom. The molecule has 8 heteroatoms. The fraction of sp³-hybridized carbons (Fsp3) is 0.533. The molecule has 0 atom stereocenters. The van der Waals surface area contributed by atoms with Gasteiger partial charge in [-0.25, -0.2) is 13.1 Å². The van der Waals surface area contributed by atoms with Gasteiger partial charge in [0.25, 0.3) is 0 Å². The summed E-state index contributed by atoms with van der Waals surface area (Å²) in [6.45, 7) is 5.45. The summed E-state index contributed by atoms with van der Waals surface area (Å²) < 4.78 is 26.4. The van der Waals surface area contributed by atoms with Gasteiger partial charge in [-0.3, -0.25) is 9.69 Å². The van der Waals surface area contributed by atoms with Crippen molar-refractivity contribution < 1.29 is 13.2 Å². The molecule has 1 aliphatic rings. The van der Waals surface area contributed by atoms with Gasteiger partial charge in [-0.1, -0.05) is 18.2 Å². The smallest absolute Gasteiger partial charge is 0.240 e. The van der Waals surface area contributed by atoms with Gasteiger partial charge in [-0.2, -0.15) is 0 Å². The monoisotopic (exact) mass is 340 g/mol. The third-order valence-electron chi connectivity index (χ3n) is 3.66. The Bertz CT molecular complexity index is 586. The molecule has 0 spiro atoms. The summed E-state index contributed by atoms with van der Waals surface area (Å²) in [5.41, 5.74) is 0. The summed E-state index contributed by atoms with van der Waals surface area (Å²) in [6, 6.07) is 8.13. The molecule has 1 aliphatic heterocycles. The number of rotatable bonds is 8. The minimum Gasteiger partial charge on any atom is -0.355 e. The van der Waals surface area contributed by atoms with E-state index < -0.39 is 10.0 Å². The highest BCUT2D eigenvalue weighted by Gasteiger charge is 2.13. The number of carbonyl (C=O) groups is 1. The van der Waals surface area contributed by atoms with Crippen LogP contribution in [0.1, 0.15) is 6.42 Å². The third-order valence-corrected chi connectivity index (χ3v) is 5.13. The molecule has 3 N–H and O–H groups in total. The summed E-state index contributed by atoms with van der Waals surface area (Å²) in [5.74, 6) is -0.143. The molecule has 23 heavy (non-hydrogen) atoms. The quantitative estimate of drug-likeness (QED) is 0.587. The molecule has 1 amide bonds. The molecule has 1 aromatic carbocycles. The normalized spacial score (nSPS) is 16.2. The number of hydrogen-bond donors (Lipinski definition) is 3. The average Bonchev–Trinajstić information content (AvgIpc) is 2.56. The fourth-order valence-electron chi connectivity index (χ4n) is 2.36. The number of carbonyl (C=O) groups excluding carboxylic acids is 1. The van der Waals surface area contributed by atoms with Crippen LogP contribution in [0.25, 0.3) is 0 Å². The van der Waals surface area contributed by atoms with E-state index in [1.807, 2.05) is 0 Å². The molecule has 7 nitrogen and oxygen atoms in total. The van der Waals surface area contributed by atoms with Crippen LogP contribution in [0.3, 0.4) is 0 Å². The van der Waals surface area contributed by atoms with E-state index in [4.69, 9.17) is 0 Å². The minimum absolute atomic E-state index is 0.0939. The van der Waals surface area contributed by atoms with Crippen molar-refractivity contribution in [1.29, 1.82) is 0 Å². The van der Waals surface area contributed by atoms with E-state index in [0.717, 1.165) is 32.7 Å². The average molecular weight is 340 g/mol. The number of nitrogens with one attached hydrogen (secondary N) is 3. The first-order valence-corrected chi connectivity index (χ1v) is 9.31. The Labute approximate surface area is 137 Å². The lowest BCUT2D eigenvalue weighted by molar-refractivity contribution is -0.120. The van der Waals surface area contributed by atoms with Crippen molar-refractivity contribution in [2.45, 2.75) is 11.3 Å². The van der Waals surface area contributed by atoms with Crippen LogP contribution >= 0.6 is 0 Å². The molecule has 2 rings (SSSR count). The predicted octanol–water partition coefficient (Wildman–Crippen LogP) is -0.624. The number of sulfonamides is 1. The van der Waals surface area contributed by atoms with Gasteiger partial charge in [-0.05, 0) is 12.1 Å². The topological polar surface area (TPSA) is 90.5 Å². The zero-order valence-electron chi connectivity index (χ0n) is 13.1. The molecule has 0 bridgehead atoms. The number of nitrogens with zero attached hydrogens (tertiary/aromatic N) is 1. The summed E-state index contributed by atoms with van der Waals surface area (Å²) in [5, 5.41) is 6.10. The summed E-state index contributed by atoms with van der Waals surface area (Å²) in [4.78, 5) is 14.2. The maximum atomic E-state index is 12.0. The highest BCUT2D eigenvalue weighted by molar-refractivity contribution is 7.89. The number of hydrogen-bond acceptors (Lipinski definition) is 5. The highest BCUT2D eigenvalue weighted by Crippen LogP contribution is 2.06. The van der Waals surface area contributed by atoms with E-state index in [1.54, 1.807) is 18.2 Å². The van der Waals surface area contributed by atoms with Gasteiger partial charge in [0.1, 0.15) is 0 Å². The van der Waals surface area contributed by atoms with Crippen LogP contribution in [0, 0.1) is 0 Å². The Hall–Kier alpha value is -1.48. The molecular formula is C15H24N4O3S. The minimum atomic E-state index is -3.54. The van der Waals surface area contributed by atoms with E-state index >= 15 is 0 Å². The van der Waals surface area contributed by atoms with E-state index in [-0.39, 0.29) is 23.8 Å². The highest BCUT2D eigenvalue weighted by atomic mass is 32.2. The molecule has 1 saturated heterocycles. The summed E-state index contributed by atoms with van der Waals surface area (Å²) >= 11 is 0. The van der Waals surface area contributed by atoms with Gasteiger partial charge in [0, 0.05) is 52.2 Å². The maximum Gasteiger partial charge on any atom is 0.240 e. The SMILES string of the molecule is O=C(CCNS(=O)(=O)c1ccccc1)NCCN1CCNCC1. The molecule has 1 aromatic rings. The van der Waals surface area contributed by atoms with Crippen molar-refractivity contribution in [3.63, 3.8) is 0 Å². The van der Waals surface area contributed by atoms with Gasteiger partial charge in [-0.15, -0.1) is 0 Å². The summed E-state index contributed by atoms with van der Waals surface area (Å²) in [6.07, 6.45) is 0.133. The largest absolute Gasteiger partial charge is 0.355 e. The van der Waals surface area contributed by atoms with Crippen LogP contribution in [0.4, 0.5) is 0 Å². The lowest BCUT2D eigenvalue weighted by Crippen LogP contribution is -2.46. The second kappa shape index (κ2) is 8.97. The zero-order chi connectivity index (χ0) is 16.5. The van der Waals surface area contributed by atoms with Gasteiger partial charge in [0.2, 0.25) is 15.9 Å². The molecule has 0 unspecified atom stereocenters. The second-order valence-electron chi connectivity index (χ2n) is 5.40. The molecule has 0 radical (unpaired) electrons. The summed E-state index contributed by atoms with van der Waals surface area (Å²) in [7, 11) is -3.54. The molecule has 128 valence electrons. The van der Waals surface area contributed by atoms with Crippen molar-refractivity contribution in [3.8, 4) is 0 Å². The van der Waals surface area contributed by atoms with Crippen LogP contribution in [-0.2, 0) is 14.8 Å². The molecular weight excluding hydrogens is 316 g/mol. The lowest BCUT2D eigenvalue weighted by atomic mass is 10.3. The van der Waals surface area contributed by atoms with Gasteiger partial charge >= 0.3 is 0 Å². The first-order valence-electron chi connectivity index (χ1n) is 7.82. The zero-order valence-corrected chi connectivity index (χ0v) is 13.9. The Balaban J connectivity index is 1.62. The van der Waals surface area contributed by atoms with Crippen LogP contribution in [-0.4, -0.2) is 65.0 Å². The Morgan fingerprint density at radius 2 is 1.83 bits per heavy atom. The van der Waals surface area contributed by atoms with E-state index in [9.17, 15) is 13.2 Å². The Kier molecular flexibility index (Phi) is 6.97. The van der Waals surface area contributed by atoms with Crippen LogP contribution < -0.4 is 15.4 Å². The van der Waals surface area contributed by atoms with Crippen molar-refractivity contribution in [2.24, 2.45) is 0 Å². The molecule has 0 saturated carbocycles. The molecule has 1 fully saturated rings. The number of amides is 1. The molecule has 0 aliphatic carbocycles.